The Labute approximate surface area is 176 Å². The van der Waals surface area contributed by atoms with E-state index in [1.807, 2.05) is 18.2 Å². The zero-order valence-corrected chi connectivity index (χ0v) is 19.1. The van der Waals surface area contributed by atoms with Crippen LogP contribution in [-0.2, 0) is 6.54 Å². The van der Waals surface area contributed by atoms with Crippen LogP contribution in [0.4, 0.5) is 0 Å². The molecular formula is C22H32Cl3N. The summed E-state index contributed by atoms with van der Waals surface area (Å²) in [4.78, 5) is 0. The van der Waals surface area contributed by atoms with Crippen LogP contribution in [0.15, 0.2) is 42.0 Å². The first-order valence-electron chi connectivity index (χ1n) is 9.14. The lowest BCUT2D eigenvalue weighted by molar-refractivity contribution is -0.919. The molecule has 1 aromatic carbocycles. The van der Waals surface area contributed by atoms with Crippen LogP contribution >= 0.6 is 23.2 Å². The van der Waals surface area contributed by atoms with Crippen LogP contribution in [0.3, 0.4) is 0 Å². The molecule has 0 saturated carbocycles. The summed E-state index contributed by atoms with van der Waals surface area (Å²) in [5, 5.41) is 1.44. The zero-order valence-electron chi connectivity index (χ0n) is 16.8. The Morgan fingerprint density at radius 2 is 1.92 bits per heavy atom. The third-order valence-electron chi connectivity index (χ3n) is 5.87. The normalized spacial score (nSPS) is 21.2. The van der Waals surface area contributed by atoms with E-state index in [4.69, 9.17) is 23.2 Å². The standard InChI is InChI=1S/C22H32Cl2N.ClH/c1-16-8-7-13-22(3,4)20(16)12-9-17(2)25(5,6)15-18-10-11-19(23)14-21(18)24;/h8-12,14,17,20H,7,13,15H2,1-6H3;1H/q+1;/p-1/b12-9+;. The van der Waals surface area contributed by atoms with Gasteiger partial charge in [0.15, 0.2) is 0 Å². The number of likely N-dealkylation sites (N-methyl/N-ethyl adjacent to an activating group) is 1. The van der Waals surface area contributed by atoms with Gasteiger partial charge in [0.25, 0.3) is 0 Å². The second kappa shape index (κ2) is 9.15. The minimum absolute atomic E-state index is 0. The predicted octanol–water partition coefficient (Wildman–Crippen LogP) is 3.90. The Bertz CT molecular complexity index is 674. The molecule has 1 nitrogen and oxygen atoms in total. The van der Waals surface area contributed by atoms with Crippen LogP contribution in [-0.4, -0.2) is 24.6 Å². The largest absolute Gasteiger partial charge is 1.00 e. The predicted molar refractivity (Wildman–Crippen MR) is 111 cm³/mol. The minimum Gasteiger partial charge on any atom is -1.00 e. The molecule has 0 N–H and O–H groups in total. The Hall–Kier alpha value is -0.470. The maximum atomic E-state index is 6.38. The van der Waals surface area contributed by atoms with E-state index in [0.29, 0.717) is 22.4 Å². The average Bonchev–Trinajstić information content (AvgIpc) is 2.48. The molecule has 0 heterocycles. The molecule has 1 aliphatic rings. The van der Waals surface area contributed by atoms with Gasteiger partial charge in [0.2, 0.25) is 0 Å². The summed E-state index contributed by atoms with van der Waals surface area (Å²) in [5.74, 6) is 0.530. The van der Waals surface area contributed by atoms with Gasteiger partial charge in [-0.3, -0.25) is 0 Å². The van der Waals surface area contributed by atoms with Gasteiger partial charge in [-0.2, -0.15) is 0 Å². The monoisotopic (exact) mass is 415 g/mol. The van der Waals surface area contributed by atoms with Gasteiger partial charge in [-0.15, -0.1) is 0 Å². The van der Waals surface area contributed by atoms with Crippen molar-refractivity contribution in [2.45, 2.75) is 53.1 Å². The Balaban J connectivity index is 0.00000338. The molecule has 1 aliphatic carbocycles. The third-order valence-corrected chi connectivity index (χ3v) is 6.45. The van der Waals surface area contributed by atoms with E-state index in [-0.39, 0.29) is 12.4 Å². The van der Waals surface area contributed by atoms with Crippen molar-refractivity contribution in [2.75, 3.05) is 14.1 Å². The van der Waals surface area contributed by atoms with Gasteiger partial charge in [-0.1, -0.05) is 60.8 Å². The van der Waals surface area contributed by atoms with Gasteiger partial charge < -0.3 is 16.9 Å². The molecule has 26 heavy (non-hydrogen) atoms. The molecule has 2 atom stereocenters. The average molecular weight is 417 g/mol. The van der Waals surface area contributed by atoms with Crippen molar-refractivity contribution in [3.8, 4) is 0 Å². The molecule has 0 radical (unpaired) electrons. The van der Waals surface area contributed by atoms with Crippen LogP contribution < -0.4 is 12.4 Å². The molecular weight excluding hydrogens is 385 g/mol. The molecule has 0 aliphatic heterocycles. The lowest BCUT2D eigenvalue weighted by Gasteiger charge is -2.38. The molecule has 0 fully saturated rings. The summed E-state index contributed by atoms with van der Waals surface area (Å²) in [5.41, 5.74) is 2.99. The first-order valence-corrected chi connectivity index (χ1v) is 9.90. The first kappa shape index (κ1) is 23.6. The van der Waals surface area contributed by atoms with Crippen LogP contribution in [0.5, 0.6) is 0 Å². The molecule has 0 spiro atoms. The fourth-order valence-electron chi connectivity index (χ4n) is 3.72. The first-order chi connectivity index (χ1) is 11.5. The van der Waals surface area contributed by atoms with Crippen molar-refractivity contribution in [1.29, 1.82) is 0 Å². The van der Waals surface area contributed by atoms with Crippen molar-refractivity contribution in [3.05, 3.63) is 57.6 Å². The highest BCUT2D eigenvalue weighted by molar-refractivity contribution is 6.35. The fourth-order valence-corrected chi connectivity index (χ4v) is 4.19. The van der Waals surface area contributed by atoms with Crippen molar-refractivity contribution in [1.82, 2.24) is 0 Å². The number of hydrogen-bond donors (Lipinski definition) is 0. The maximum absolute atomic E-state index is 6.38. The lowest BCUT2D eigenvalue weighted by Crippen LogP contribution is -3.00. The van der Waals surface area contributed by atoms with Crippen LogP contribution in [0, 0.1) is 11.3 Å². The van der Waals surface area contributed by atoms with Crippen molar-refractivity contribution >= 4 is 23.2 Å². The minimum atomic E-state index is 0. The molecule has 2 rings (SSSR count). The van der Waals surface area contributed by atoms with E-state index in [1.54, 1.807) is 0 Å². The molecule has 0 bridgehead atoms. The summed E-state index contributed by atoms with van der Waals surface area (Å²) in [6.45, 7) is 10.2. The van der Waals surface area contributed by atoms with Crippen molar-refractivity contribution < 1.29 is 16.9 Å². The second-order valence-corrected chi connectivity index (χ2v) is 9.59. The molecule has 146 valence electrons. The maximum Gasteiger partial charge on any atom is 0.106 e. The topological polar surface area (TPSA) is 0 Å². The number of nitrogens with zero attached hydrogens (tertiary/aromatic N) is 1. The van der Waals surface area contributed by atoms with Gasteiger partial charge in [-0.25, -0.2) is 0 Å². The van der Waals surface area contributed by atoms with Gasteiger partial charge in [-0.05, 0) is 50.3 Å². The Morgan fingerprint density at radius 3 is 2.50 bits per heavy atom. The third kappa shape index (κ3) is 5.76. The van der Waals surface area contributed by atoms with Crippen LogP contribution in [0.25, 0.3) is 0 Å². The number of rotatable bonds is 5. The van der Waals surface area contributed by atoms with Gasteiger partial charge in [0.1, 0.15) is 12.6 Å². The number of hydrogen-bond acceptors (Lipinski definition) is 0. The molecule has 4 heteroatoms. The highest BCUT2D eigenvalue weighted by atomic mass is 35.5. The number of halogens is 3. The Kier molecular flexibility index (Phi) is 8.29. The van der Waals surface area contributed by atoms with Crippen LogP contribution in [0.1, 0.15) is 46.1 Å². The summed E-state index contributed by atoms with van der Waals surface area (Å²) in [6.07, 6.45) is 9.68. The smallest absolute Gasteiger partial charge is 0.106 e. The molecule has 0 saturated heterocycles. The van der Waals surface area contributed by atoms with E-state index in [1.165, 1.54) is 18.4 Å². The SMILES string of the molecule is CC1=CCCC(C)(C)C1/C=C/C(C)[N+](C)(C)Cc1ccc(Cl)cc1Cl.[Cl-]. The number of quaternary nitrogens is 1. The van der Waals surface area contributed by atoms with Gasteiger partial charge >= 0.3 is 0 Å². The van der Waals surface area contributed by atoms with Crippen molar-refractivity contribution in [3.63, 3.8) is 0 Å². The zero-order chi connectivity index (χ0) is 18.8. The molecule has 1 aromatic rings. The van der Waals surface area contributed by atoms with E-state index < -0.39 is 0 Å². The summed E-state index contributed by atoms with van der Waals surface area (Å²) >= 11 is 12.4. The quantitative estimate of drug-likeness (QED) is 0.504. The van der Waals surface area contributed by atoms with E-state index >= 15 is 0 Å². The van der Waals surface area contributed by atoms with Crippen LogP contribution in [0.2, 0.25) is 10.0 Å². The van der Waals surface area contributed by atoms with E-state index in [9.17, 15) is 0 Å². The highest BCUT2D eigenvalue weighted by Gasteiger charge is 2.31. The molecule has 0 aromatic heterocycles. The van der Waals surface area contributed by atoms with Gasteiger partial charge in [0.05, 0.1) is 19.1 Å². The number of allylic oxidation sites excluding steroid dienone is 3. The number of benzene rings is 1. The highest BCUT2D eigenvalue weighted by Crippen LogP contribution is 2.41. The lowest BCUT2D eigenvalue weighted by atomic mass is 9.68. The van der Waals surface area contributed by atoms with E-state index in [0.717, 1.165) is 21.6 Å². The second-order valence-electron chi connectivity index (χ2n) is 8.75. The van der Waals surface area contributed by atoms with Crippen molar-refractivity contribution in [2.24, 2.45) is 11.3 Å². The Morgan fingerprint density at radius 1 is 1.27 bits per heavy atom. The van der Waals surface area contributed by atoms with E-state index in [2.05, 4.69) is 60.0 Å². The summed E-state index contributed by atoms with van der Waals surface area (Å²) in [7, 11) is 4.52. The van der Waals surface area contributed by atoms with Gasteiger partial charge in [0, 0.05) is 16.5 Å². The molecule has 2 unspecified atom stereocenters. The fraction of sp³-hybridized carbons (Fsp3) is 0.545. The summed E-state index contributed by atoms with van der Waals surface area (Å²) < 4.78 is 0.855. The molecule has 0 amide bonds. The summed E-state index contributed by atoms with van der Waals surface area (Å²) in [6, 6.07) is 6.19.